The fraction of sp³-hybridized carbons (Fsp3) is 0.533. The van der Waals surface area contributed by atoms with Crippen molar-refractivity contribution in [2.45, 2.75) is 31.7 Å². The van der Waals surface area contributed by atoms with Crippen molar-refractivity contribution in [3.8, 4) is 17.2 Å². The summed E-state index contributed by atoms with van der Waals surface area (Å²) in [5.41, 5.74) is 12.2. The number of rotatable bonds is 9. The Morgan fingerprint density at radius 1 is 1.10 bits per heavy atom. The number of hydrogen-bond donors (Lipinski definition) is 2. The Morgan fingerprint density at radius 2 is 1.76 bits per heavy atom. The summed E-state index contributed by atoms with van der Waals surface area (Å²) in [6, 6.07) is 3.48. The molecule has 0 aliphatic rings. The average Bonchev–Trinajstić information content (AvgIpc) is 2.49. The zero-order valence-corrected chi connectivity index (χ0v) is 12.8. The molecule has 0 saturated heterocycles. The summed E-state index contributed by atoms with van der Waals surface area (Å²) in [5, 5.41) is 0. The molecule has 0 aromatic heterocycles. The van der Waals surface area contributed by atoms with Gasteiger partial charge < -0.3 is 25.7 Å². The molecule has 6 heteroatoms. The van der Waals surface area contributed by atoms with Gasteiger partial charge in [-0.15, -0.1) is 0 Å². The van der Waals surface area contributed by atoms with Crippen molar-refractivity contribution in [2.75, 3.05) is 21.3 Å². The third-order valence-electron chi connectivity index (χ3n) is 3.32. The van der Waals surface area contributed by atoms with Crippen molar-refractivity contribution >= 4 is 5.91 Å². The molecule has 1 rings (SSSR count). The van der Waals surface area contributed by atoms with E-state index in [1.807, 2.05) is 6.07 Å². The predicted octanol–water partition coefficient (Wildman–Crippen LogP) is 1.76. The SMILES string of the molecule is COc1ccc(C(N)CCCCC(N)=O)c(OC)c1OC. The van der Waals surface area contributed by atoms with Crippen molar-refractivity contribution < 1.29 is 19.0 Å². The average molecular weight is 296 g/mol. The van der Waals surface area contributed by atoms with E-state index in [-0.39, 0.29) is 11.9 Å². The molecule has 1 aromatic carbocycles. The van der Waals surface area contributed by atoms with Crippen LogP contribution in [0, 0.1) is 0 Å². The predicted molar refractivity (Wildman–Crippen MR) is 80.7 cm³/mol. The van der Waals surface area contributed by atoms with E-state index in [0.717, 1.165) is 24.8 Å². The summed E-state index contributed by atoms with van der Waals surface area (Å²) in [4.78, 5) is 10.7. The first kappa shape index (κ1) is 17.1. The van der Waals surface area contributed by atoms with E-state index in [0.29, 0.717) is 23.7 Å². The molecule has 4 N–H and O–H groups in total. The van der Waals surface area contributed by atoms with Crippen LogP contribution < -0.4 is 25.7 Å². The van der Waals surface area contributed by atoms with E-state index in [1.165, 1.54) is 0 Å². The van der Waals surface area contributed by atoms with Gasteiger partial charge in [0, 0.05) is 18.0 Å². The number of nitrogens with two attached hydrogens (primary N) is 2. The molecule has 118 valence electrons. The van der Waals surface area contributed by atoms with Crippen molar-refractivity contribution in [1.82, 2.24) is 0 Å². The van der Waals surface area contributed by atoms with E-state index in [9.17, 15) is 4.79 Å². The normalized spacial score (nSPS) is 11.8. The lowest BCUT2D eigenvalue weighted by molar-refractivity contribution is -0.118. The highest BCUT2D eigenvalue weighted by atomic mass is 16.5. The summed E-state index contributed by atoms with van der Waals surface area (Å²) in [6.07, 6.45) is 2.68. The Balaban J connectivity index is 2.83. The Kier molecular flexibility index (Phi) is 6.81. The molecule has 1 aromatic rings. The quantitative estimate of drug-likeness (QED) is 0.677. The highest BCUT2D eigenvalue weighted by Gasteiger charge is 2.19. The van der Waals surface area contributed by atoms with Crippen molar-refractivity contribution in [3.05, 3.63) is 17.7 Å². The van der Waals surface area contributed by atoms with Crippen LogP contribution in [0.25, 0.3) is 0 Å². The molecule has 1 atom stereocenters. The second kappa shape index (κ2) is 8.36. The van der Waals surface area contributed by atoms with Gasteiger partial charge in [0.05, 0.1) is 21.3 Å². The summed E-state index contributed by atoms with van der Waals surface area (Å²) >= 11 is 0. The first-order chi connectivity index (χ1) is 10.0. The second-order valence-electron chi connectivity index (χ2n) is 4.74. The molecule has 21 heavy (non-hydrogen) atoms. The molecule has 0 aliphatic heterocycles. The van der Waals surface area contributed by atoms with Crippen LogP contribution in [-0.4, -0.2) is 27.2 Å². The van der Waals surface area contributed by atoms with Crippen LogP contribution in [0.15, 0.2) is 12.1 Å². The molecule has 0 radical (unpaired) electrons. The van der Waals surface area contributed by atoms with E-state index in [2.05, 4.69) is 0 Å². The third-order valence-corrected chi connectivity index (χ3v) is 3.32. The third kappa shape index (κ3) is 4.53. The van der Waals surface area contributed by atoms with Gasteiger partial charge in [-0.25, -0.2) is 0 Å². The van der Waals surface area contributed by atoms with Gasteiger partial charge >= 0.3 is 0 Å². The van der Waals surface area contributed by atoms with Crippen LogP contribution in [0.3, 0.4) is 0 Å². The van der Waals surface area contributed by atoms with Crippen LogP contribution >= 0.6 is 0 Å². The molecule has 0 fully saturated rings. The molecule has 1 unspecified atom stereocenters. The number of ether oxygens (including phenoxy) is 3. The van der Waals surface area contributed by atoms with Crippen LogP contribution in [-0.2, 0) is 4.79 Å². The first-order valence-electron chi connectivity index (χ1n) is 6.87. The van der Waals surface area contributed by atoms with Gasteiger partial charge in [0.1, 0.15) is 0 Å². The highest BCUT2D eigenvalue weighted by molar-refractivity contribution is 5.73. The zero-order chi connectivity index (χ0) is 15.8. The summed E-state index contributed by atoms with van der Waals surface area (Å²) < 4.78 is 16.0. The Bertz CT molecular complexity index is 477. The number of primary amides is 1. The van der Waals surface area contributed by atoms with Gasteiger partial charge in [0.2, 0.25) is 11.7 Å². The van der Waals surface area contributed by atoms with Crippen LogP contribution in [0.4, 0.5) is 0 Å². The van der Waals surface area contributed by atoms with Crippen LogP contribution in [0.1, 0.15) is 37.3 Å². The lowest BCUT2D eigenvalue weighted by Crippen LogP contribution is -2.13. The molecular weight excluding hydrogens is 272 g/mol. The van der Waals surface area contributed by atoms with Crippen molar-refractivity contribution in [1.29, 1.82) is 0 Å². The molecule has 6 nitrogen and oxygen atoms in total. The maximum absolute atomic E-state index is 10.7. The molecule has 1 amide bonds. The summed E-state index contributed by atoms with van der Waals surface area (Å²) in [5.74, 6) is 1.43. The monoisotopic (exact) mass is 296 g/mol. The van der Waals surface area contributed by atoms with E-state index < -0.39 is 0 Å². The maximum Gasteiger partial charge on any atom is 0.217 e. The zero-order valence-electron chi connectivity index (χ0n) is 12.8. The van der Waals surface area contributed by atoms with E-state index in [1.54, 1.807) is 27.4 Å². The van der Waals surface area contributed by atoms with Crippen molar-refractivity contribution in [3.63, 3.8) is 0 Å². The molecular formula is C15H24N2O4. The van der Waals surface area contributed by atoms with Gasteiger partial charge in [-0.2, -0.15) is 0 Å². The van der Waals surface area contributed by atoms with Gasteiger partial charge in [-0.1, -0.05) is 6.42 Å². The minimum absolute atomic E-state index is 0.201. The fourth-order valence-electron chi connectivity index (χ4n) is 2.24. The molecule has 0 spiro atoms. The topological polar surface area (TPSA) is 96.8 Å². The lowest BCUT2D eigenvalue weighted by Gasteiger charge is -2.19. The van der Waals surface area contributed by atoms with Crippen molar-refractivity contribution in [2.24, 2.45) is 11.5 Å². The van der Waals surface area contributed by atoms with Gasteiger partial charge in [-0.3, -0.25) is 4.79 Å². The number of carbonyl (C=O) groups is 1. The number of methoxy groups -OCH3 is 3. The number of carbonyl (C=O) groups excluding carboxylic acids is 1. The van der Waals surface area contributed by atoms with Gasteiger partial charge in [-0.05, 0) is 25.0 Å². The fourth-order valence-corrected chi connectivity index (χ4v) is 2.24. The summed E-state index contributed by atoms with van der Waals surface area (Å²) in [7, 11) is 4.70. The van der Waals surface area contributed by atoms with Gasteiger partial charge in [0.25, 0.3) is 0 Å². The minimum Gasteiger partial charge on any atom is -0.493 e. The number of hydrogen-bond acceptors (Lipinski definition) is 5. The minimum atomic E-state index is -0.285. The molecule has 0 heterocycles. The van der Waals surface area contributed by atoms with Gasteiger partial charge in [0.15, 0.2) is 11.5 Å². The van der Waals surface area contributed by atoms with Crippen LogP contribution in [0.5, 0.6) is 17.2 Å². The Hall–Kier alpha value is -1.95. The Labute approximate surface area is 125 Å². The lowest BCUT2D eigenvalue weighted by atomic mass is 9.99. The maximum atomic E-state index is 10.7. The molecule has 0 bridgehead atoms. The first-order valence-corrected chi connectivity index (χ1v) is 6.87. The molecule has 0 saturated carbocycles. The number of amides is 1. The summed E-state index contributed by atoms with van der Waals surface area (Å²) in [6.45, 7) is 0. The second-order valence-corrected chi connectivity index (χ2v) is 4.74. The standard InChI is InChI=1S/C15H24N2O4/c1-19-12-9-8-10(14(20-2)15(12)21-3)11(16)6-4-5-7-13(17)18/h8-9,11H,4-7,16H2,1-3H3,(H2,17,18). The highest BCUT2D eigenvalue weighted by Crippen LogP contribution is 2.42. The number of unbranched alkanes of at least 4 members (excludes halogenated alkanes) is 1. The molecule has 0 aliphatic carbocycles. The van der Waals surface area contributed by atoms with E-state index in [4.69, 9.17) is 25.7 Å². The Morgan fingerprint density at radius 3 is 2.29 bits per heavy atom. The number of benzene rings is 1. The van der Waals surface area contributed by atoms with Crippen LogP contribution in [0.2, 0.25) is 0 Å². The van der Waals surface area contributed by atoms with E-state index >= 15 is 0 Å². The largest absolute Gasteiger partial charge is 0.493 e. The smallest absolute Gasteiger partial charge is 0.217 e.